The molecule has 3 rings (SSSR count). The van der Waals surface area contributed by atoms with Gasteiger partial charge >= 0.3 is 0 Å². The average molecular weight is 324 g/mol. The molecular formula is C14H18ClN5O2. The lowest BCUT2D eigenvalue weighted by Gasteiger charge is -2.16. The van der Waals surface area contributed by atoms with Gasteiger partial charge < -0.3 is 10.0 Å². The molecular weight excluding hydrogens is 306 g/mol. The number of aliphatic hydroxyl groups excluding tert-OH is 1. The molecule has 1 fully saturated rings. The van der Waals surface area contributed by atoms with E-state index in [-0.39, 0.29) is 11.8 Å². The van der Waals surface area contributed by atoms with Crippen LogP contribution in [0, 0.1) is 12.8 Å². The van der Waals surface area contributed by atoms with Gasteiger partial charge in [-0.1, -0.05) is 11.6 Å². The minimum atomic E-state index is -0.562. The number of carbonyl (C=O) groups excluding carboxylic acids is 1. The van der Waals surface area contributed by atoms with Crippen molar-refractivity contribution in [3.05, 3.63) is 34.4 Å². The van der Waals surface area contributed by atoms with Gasteiger partial charge in [-0.2, -0.15) is 10.2 Å². The maximum Gasteiger partial charge on any atom is 0.273 e. The van der Waals surface area contributed by atoms with E-state index in [1.54, 1.807) is 11.9 Å². The summed E-state index contributed by atoms with van der Waals surface area (Å²) in [5, 5.41) is 21.6. The first-order valence-corrected chi connectivity index (χ1v) is 7.49. The number of likely N-dealkylation sites (tertiary alicyclic amines) is 1. The number of aromatic nitrogens is 4. The summed E-state index contributed by atoms with van der Waals surface area (Å²) < 4.78 is 1.46. The molecule has 2 atom stereocenters. The first-order chi connectivity index (χ1) is 10.5. The van der Waals surface area contributed by atoms with E-state index in [0.29, 0.717) is 30.2 Å². The Labute approximate surface area is 132 Å². The van der Waals surface area contributed by atoms with Crippen LogP contribution >= 0.6 is 11.6 Å². The van der Waals surface area contributed by atoms with Gasteiger partial charge in [0.25, 0.3) is 5.91 Å². The number of amides is 1. The fourth-order valence-electron chi connectivity index (χ4n) is 2.87. The highest BCUT2D eigenvalue weighted by Crippen LogP contribution is 2.24. The van der Waals surface area contributed by atoms with Crippen molar-refractivity contribution < 1.29 is 9.90 Å². The fourth-order valence-corrected chi connectivity index (χ4v) is 3.12. The van der Waals surface area contributed by atoms with Crippen LogP contribution in [0.2, 0.25) is 5.02 Å². The topological polar surface area (TPSA) is 87.0 Å². The van der Waals surface area contributed by atoms with Gasteiger partial charge in [-0.15, -0.1) is 0 Å². The van der Waals surface area contributed by atoms with Crippen molar-refractivity contribution >= 4 is 17.5 Å². The lowest BCUT2D eigenvalue weighted by atomic mass is 10.0. The number of β-amino-alcohol motifs (C(OH)–C–C–N with tert-alkyl or cyclic N) is 1. The Bertz CT molecular complexity index is 676. The minimum absolute atomic E-state index is 0.0290. The molecule has 0 radical (unpaired) electrons. The second-order valence-corrected chi connectivity index (χ2v) is 6.16. The molecule has 118 valence electrons. The van der Waals surface area contributed by atoms with E-state index in [9.17, 15) is 9.90 Å². The normalized spacial score (nSPS) is 21.5. The first kappa shape index (κ1) is 15.1. The van der Waals surface area contributed by atoms with E-state index >= 15 is 0 Å². The molecule has 22 heavy (non-hydrogen) atoms. The van der Waals surface area contributed by atoms with Crippen molar-refractivity contribution in [2.24, 2.45) is 13.0 Å². The fraction of sp³-hybridized carbons (Fsp3) is 0.500. The van der Waals surface area contributed by atoms with Crippen LogP contribution in [0.15, 0.2) is 12.3 Å². The van der Waals surface area contributed by atoms with Gasteiger partial charge in [0.05, 0.1) is 23.0 Å². The van der Waals surface area contributed by atoms with E-state index in [1.165, 1.54) is 10.9 Å². The Balaban J connectivity index is 1.71. The van der Waals surface area contributed by atoms with E-state index in [1.807, 2.05) is 13.0 Å². The molecule has 1 saturated heterocycles. The molecule has 0 spiro atoms. The third kappa shape index (κ3) is 2.74. The van der Waals surface area contributed by atoms with Crippen molar-refractivity contribution in [3.8, 4) is 0 Å². The van der Waals surface area contributed by atoms with E-state index in [0.717, 1.165) is 11.4 Å². The van der Waals surface area contributed by atoms with Crippen LogP contribution in [0.3, 0.4) is 0 Å². The van der Waals surface area contributed by atoms with Crippen LogP contribution in [-0.2, 0) is 13.5 Å². The number of rotatable bonds is 3. The lowest BCUT2D eigenvalue weighted by Crippen LogP contribution is -2.31. The predicted molar refractivity (Wildman–Crippen MR) is 80.6 cm³/mol. The summed E-state index contributed by atoms with van der Waals surface area (Å²) in [6, 6.07) is 1.95. The molecule has 1 amide bonds. The molecule has 3 heterocycles. The largest absolute Gasteiger partial charge is 0.391 e. The molecule has 7 nitrogen and oxygen atoms in total. The number of nitrogens with one attached hydrogen (secondary N) is 1. The van der Waals surface area contributed by atoms with Crippen LogP contribution in [-0.4, -0.2) is 55.1 Å². The highest BCUT2D eigenvalue weighted by molar-refractivity contribution is 6.33. The van der Waals surface area contributed by atoms with Crippen LogP contribution < -0.4 is 0 Å². The second-order valence-electron chi connectivity index (χ2n) is 5.75. The summed E-state index contributed by atoms with van der Waals surface area (Å²) in [6.45, 7) is 2.71. The molecule has 8 heteroatoms. The zero-order chi connectivity index (χ0) is 15.9. The van der Waals surface area contributed by atoms with Crippen LogP contribution in [0.1, 0.15) is 21.9 Å². The second kappa shape index (κ2) is 5.73. The number of H-pyrrole nitrogens is 1. The summed E-state index contributed by atoms with van der Waals surface area (Å²) in [7, 11) is 1.68. The molecule has 2 aromatic rings. The van der Waals surface area contributed by atoms with Gasteiger partial charge in [-0.05, 0) is 19.4 Å². The summed E-state index contributed by atoms with van der Waals surface area (Å²) in [5.41, 5.74) is 2.23. The third-order valence-electron chi connectivity index (χ3n) is 4.02. The number of hydrogen-bond acceptors (Lipinski definition) is 4. The molecule has 0 bridgehead atoms. The molecule has 2 N–H and O–H groups in total. The molecule has 2 aromatic heterocycles. The Morgan fingerprint density at radius 1 is 1.55 bits per heavy atom. The van der Waals surface area contributed by atoms with Crippen molar-refractivity contribution in [2.45, 2.75) is 19.4 Å². The summed E-state index contributed by atoms with van der Waals surface area (Å²) in [6.07, 6.45) is 1.52. The molecule has 0 saturated carbocycles. The highest BCUT2D eigenvalue weighted by atomic mass is 35.5. The number of aryl methyl sites for hydroxylation is 2. The minimum Gasteiger partial charge on any atom is -0.391 e. The maximum atomic E-state index is 12.5. The lowest BCUT2D eigenvalue weighted by molar-refractivity contribution is 0.0754. The summed E-state index contributed by atoms with van der Waals surface area (Å²) in [5.74, 6) is -0.233. The Hall–Kier alpha value is -1.86. The van der Waals surface area contributed by atoms with Crippen LogP contribution in [0.25, 0.3) is 0 Å². The SMILES string of the molecule is Cc1cc(C[C@@H]2CN(C(=O)c3c(Cl)cnn3C)C[C@@H]2O)n[nH]1. The number of aromatic amines is 1. The molecule has 1 aliphatic rings. The summed E-state index contributed by atoms with van der Waals surface area (Å²) in [4.78, 5) is 14.2. The van der Waals surface area contributed by atoms with Crippen molar-refractivity contribution in [1.82, 2.24) is 24.9 Å². The predicted octanol–water partition coefficient (Wildman–Crippen LogP) is 0.781. The van der Waals surface area contributed by atoms with Gasteiger partial charge in [0, 0.05) is 31.7 Å². The van der Waals surface area contributed by atoms with Crippen LogP contribution in [0.4, 0.5) is 0 Å². The Morgan fingerprint density at radius 2 is 2.32 bits per heavy atom. The maximum absolute atomic E-state index is 12.5. The third-order valence-corrected chi connectivity index (χ3v) is 4.30. The molecule has 0 aliphatic carbocycles. The first-order valence-electron chi connectivity index (χ1n) is 7.11. The number of hydrogen-bond donors (Lipinski definition) is 2. The zero-order valence-electron chi connectivity index (χ0n) is 12.5. The van der Waals surface area contributed by atoms with Gasteiger partial charge in [0.1, 0.15) is 5.69 Å². The van der Waals surface area contributed by atoms with E-state index in [2.05, 4.69) is 15.3 Å². The average Bonchev–Trinajstić information content (AvgIpc) is 3.12. The van der Waals surface area contributed by atoms with E-state index in [4.69, 9.17) is 11.6 Å². The molecule has 0 aromatic carbocycles. The summed E-state index contributed by atoms with van der Waals surface area (Å²) >= 11 is 6.02. The van der Waals surface area contributed by atoms with Crippen molar-refractivity contribution in [3.63, 3.8) is 0 Å². The smallest absolute Gasteiger partial charge is 0.273 e. The number of nitrogens with zero attached hydrogens (tertiary/aromatic N) is 4. The number of carbonyl (C=O) groups is 1. The quantitative estimate of drug-likeness (QED) is 0.874. The Kier molecular flexibility index (Phi) is 3.92. The van der Waals surface area contributed by atoms with Gasteiger partial charge in [-0.3, -0.25) is 14.6 Å². The molecule has 1 aliphatic heterocycles. The van der Waals surface area contributed by atoms with E-state index < -0.39 is 6.10 Å². The van der Waals surface area contributed by atoms with Gasteiger partial charge in [0.15, 0.2) is 0 Å². The number of aliphatic hydroxyl groups is 1. The van der Waals surface area contributed by atoms with Gasteiger partial charge in [0.2, 0.25) is 0 Å². The monoisotopic (exact) mass is 323 g/mol. The van der Waals surface area contributed by atoms with Crippen LogP contribution in [0.5, 0.6) is 0 Å². The Morgan fingerprint density at radius 3 is 2.91 bits per heavy atom. The van der Waals surface area contributed by atoms with Crippen molar-refractivity contribution in [2.75, 3.05) is 13.1 Å². The zero-order valence-corrected chi connectivity index (χ0v) is 13.2. The van der Waals surface area contributed by atoms with Crippen molar-refractivity contribution in [1.29, 1.82) is 0 Å². The standard InChI is InChI=1S/C14H18ClN5O2/c1-8-3-10(18-17-8)4-9-6-20(7-12(9)21)14(22)13-11(15)5-16-19(13)2/h3,5,9,12,21H,4,6-7H2,1-2H3,(H,17,18)/t9-,12+/m1/s1. The molecule has 0 unspecified atom stereocenters. The highest BCUT2D eigenvalue weighted by Gasteiger charge is 2.36. The number of halogens is 1. The van der Waals surface area contributed by atoms with Gasteiger partial charge in [-0.25, -0.2) is 0 Å².